The number of aromatic nitrogens is 1. The smallest absolute Gasteiger partial charge is 0.337 e. The molecule has 2 N–H and O–H groups in total. The Kier molecular flexibility index (Phi) is 3.62. The van der Waals surface area contributed by atoms with Crippen LogP contribution in [0.2, 0.25) is 5.02 Å². The molecule has 0 saturated carbocycles. The predicted molar refractivity (Wildman–Crippen MR) is 65.8 cm³/mol. The van der Waals surface area contributed by atoms with Crippen molar-refractivity contribution in [2.45, 2.75) is 0 Å². The monoisotopic (exact) mass is 284 g/mol. The average molecular weight is 285 g/mol. The molecule has 2 rings (SSSR count). The fraction of sp³-hybridized carbons (Fsp3) is 0. The summed E-state index contributed by atoms with van der Waals surface area (Å²) in [5, 5.41) is 11.5. The summed E-state index contributed by atoms with van der Waals surface area (Å²) >= 11 is 5.66. The number of carboxylic acids is 1. The number of nitrogens with one attached hydrogen (secondary N) is 1. The van der Waals surface area contributed by atoms with Gasteiger partial charge < -0.3 is 10.4 Å². The summed E-state index contributed by atoms with van der Waals surface area (Å²) in [6, 6.07) is 4.39. The summed E-state index contributed by atoms with van der Waals surface area (Å²) in [6.07, 6.45) is 1.16. The van der Waals surface area contributed by atoms with Crippen molar-refractivity contribution in [2.24, 2.45) is 0 Å². The van der Waals surface area contributed by atoms with Gasteiger partial charge in [-0.25, -0.2) is 18.6 Å². The van der Waals surface area contributed by atoms with E-state index in [9.17, 15) is 13.6 Å². The van der Waals surface area contributed by atoms with Gasteiger partial charge in [0.1, 0.15) is 5.82 Å². The second-order valence-corrected chi connectivity index (χ2v) is 4.02. The summed E-state index contributed by atoms with van der Waals surface area (Å²) in [5.41, 5.74) is 0.104. The molecule has 0 unspecified atom stereocenters. The predicted octanol–water partition coefficient (Wildman–Crippen LogP) is 3.46. The first kappa shape index (κ1) is 13.2. The van der Waals surface area contributed by atoms with Crippen molar-refractivity contribution in [3.8, 4) is 0 Å². The molecule has 0 aliphatic heterocycles. The number of anilines is 2. The fourth-order valence-corrected chi connectivity index (χ4v) is 1.58. The quantitative estimate of drug-likeness (QED) is 0.906. The molecule has 98 valence electrons. The Balaban J connectivity index is 2.30. The Morgan fingerprint density at radius 2 is 2.00 bits per heavy atom. The van der Waals surface area contributed by atoms with Crippen molar-refractivity contribution < 1.29 is 18.7 Å². The Morgan fingerprint density at radius 1 is 1.26 bits per heavy atom. The number of hydrogen-bond donors (Lipinski definition) is 2. The van der Waals surface area contributed by atoms with Crippen molar-refractivity contribution in [1.29, 1.82) is 0 Å². The number of halogens is 3. The van der Waals surface area contributed by atoms with Crippen LogP contribution in [-0.2, 0) is 0 Å². The number of benzene rings is 1. The summed E-state index contributed by atoms with van der Waals surface area (Å²) in [7, 11) is 0. The van der Waals surface area contributed by atoms with Gasteiger partial charge in [-0.05, 0) is 18.2 Å². The van der Waals surface area contributed by atoms with Crippen LogP contribution in [0.4, 0.5) is 20.3 Å². The Bertz CT molecular complexity index is 650. The van der Waals surface area contributed by atoms with Crippen molar-refractivity contribution >= 4 is 29.1 Å². The van der Waals surface area contributed by atoms with Gasteiger partial charge in [0.25, 0.3) is 0 Å². The summed E-state index contributed by atoms with van der Waals surface area (Å²) in [6.45, 7) is 0. The highest BCUT2D eigenvalue weighted by Gasteiger charge is 2.11. The standard InChI is InChI=1S/C12H7ClF2N2O2/c13-8-5-16-11(4-7(8)12(18)19)17-6-1-2-9(14)10(15)3-6/h1-5H,(H,16,17)(H,18,19). The van der Waals surface area contributed by atoms with Crippen molar-refractivity contribution in [3.05, 3.63) is 52.7 Å². The van der Waals surface area contributed by atoms with Crippen LogP contribution in [-0.4, -0.2) is 16.1 Å². The molecule has 1 aromatic carbocycles. The average Bonchev–Trinajstić information content (AvgIpc) is 2.36. The highest BCUT2D eigenvalue weighted by atomic mass is 35.5. The van der Waals surface area contributed by atoms with Crippen molar-refractivity contribution in [2.75, 3.05) is 5.32 Å². The molecule has 0 amide bonds. The summed E-state index contributed by atoms with van der Waals surface area (Å²) in [4.78, 5) is 14.7. The number of carbonyl (C=O) groups is 1. The largest absolute Gasteiger partial charge is 0.478 e. The number of pyridine rings is 1. The van der Waals surface area contributed by atoms with E-state index in [4.69, 9.17) is 16.7 Å². The van der Waals surface area contributed by atoms with E-state index >= 15 is 0 Å². The first-order chi connectivity index (χ1) is 8.97. The van der Waals surface area contributed by atoms with Gasteiger partial charge in [0, 0.05) is 18.0 Å². The highest BCUT2D eigenvalue weighted by molar-refractivity contribution is 6.33. The lowest BCUT2D eigenvalue weighted by Gasteiger charge is -2.07. The van der Waals surface area contributed by atoms with E-state index in [0.29, 0.717) is 0 Å². The number of rotatable bonds is 3. The molecular formula is C12H7ClF2N2O2. The number of nitrogens with zero attached hydrogens (tertiary/aromatic N) is 1. The van der Waals surface area contributed by atoms with Gasteiger partial charge in [-0.15, -0.1) is 0 Å². The zero-order valence-corrected chi connectivity index (χ0v) is 10.1. The van der Waals surface area contributed by atoms with Gasteiger partial charge in [-0.2, -0.15) is 0 Å². The molecule has 19 heavy (non-hydrogen) atoms. The minimum Gasteiger partial charge on any atom is -0.478 e. The molecular weight excluding hydrogens is 278 g/mol. The first-order valence-electron chi connectivity index (χ1n) is 5.08. The number of hydrogen-bond acceptors (Lipinski definition) is 3. The van der Waals surface area contributed by atoms with Gasteiger partial charge in [0.05, 0.1) is 10.6 Å². The second kappa shape index (κ2) is 5.19. The molecule has 0 spiro atoms. The maximum atomic E-state index is 13.0. The third kappa shape index (κ3) is 2.97. The topological polar surface area (TPSA) is 62.2 Å². The van der Waals surface area contributed by atoms with E-state index in [0.717, 1.165) is 18.3 Å². The third-order valence-electron chi connectivity index (χ3n) is 2.28. The molecule has 4 nitrogen and oxygen atoms in total. The van der Waals surface area contributed by atoms with E-state index in [1.54, 1.807) is 0 Å². The molecule has 0 aliphatic carbocycles. The van der Waals surface area contributed by atoms with Crippen molar-refractivity contribution in [1.82, 2.24) is 4.98 Å². The maximum absolute atomic E-state index is 13.0. The van der Waals surface area contributed by atoms with Crippen LogP contribution < -0.4 is 5.32 Å². The van der Waals surface area contributed by atoms with Crippen LogP contribution in [0.5, 0.6) is 0 Å². The molecule has 1 aromatic heterocycles. The lowest BCUT2D eigenvalue weighted by atomic mass is 10.2. The van der Waals surface area contributed by atoms with Gasteiger partial charge in [0.2, 0.25) is 0 Å². The van der Waals surface area contributed by atoms with Gasteiger partial charge in [-0.3, -0.25) is 0 Å². The van der Waals surface area contributed by atoms with Gasteiger partial charge in [0.15, 0.2) is 11.6 Å². The van der Waals surface area contributed by atoms with Crippen LogP contribution in [0.25, 0.3) is 0 Å². The van der Waals surface area contributed by atoms with E-state index in [1.807, 2.05) is 0 Å². The lowest BCUT2D eigenvalue weighted by Crippen LogP contribution is -2.01. The van der Waals surface area contributed by atoms with Crippen LogP contribution in [0.15, 0.2) is 30.5 Å². The SMILES string of the molecule is O=C(O)c1cc(Nc2ccc(F)c(F)c2)ncc1Cl. The van der Waals surface area contributed by atoms with Crippen LogP contribution in [0.1, 0.15) is 10.4 Å². The van der Waals surface area contributed by atoms with Gasteiger partial charge >= 0.3 is 5.97 Å². The molecule has 0 fully saturated rings. The van der Waals surface area contributed by atoms with E-state index in [2.05, 4.69) is 10.3 Å². The zero-order chi connectivity index (χ0) is 14.0. The number of aromatic carboxylic acids is 1. The zero-order valence-electron chi connectivity index (χ0n) is 9.32. The van der Waals surface area contributed by atoms with E-state index in [1.165, 1.54) is 12.1 Å². The van der Waals surface area contributed by atoms with Gasteiger partial charge in [-0.1, -0.05) is 11.6 Å². The van der Waals surface area contributed by atoms with E-state index in [-0.39, 0.29) is 22.1 Å². The molecule has 0 bridgehead atoms. The lowest BCUT2D eigenvalue weighted by molar-refractivity contribution is 0.0697. The maximum Gasteiger partial charge on any atom is 0.337 e. The summed E-state index contributed by atoms with van der Waals surface area (Å²) < 4.78 is 25.7. The van der Waals surface area contributed by atoms with Crippen LogP contribution in [0.3, 0.4) is 0 Å². The fourth-order valence-electron chi connectivity index (χ4n) is 1.39. The minimum absolute atomic E-state index is 0.0108. The normalized spacial score (nSPS) is 10.3. The summed E-state index contributed by atoms with van der Waals surface area (Å²) in [5.74, 6) is -3.04. The van der Waals surface area contributed by atoms with Crippen LogP contribution >= 0.6 is 11.6 Å². The first-order valence-corrected chi connectivity index (χ1v) is 5.46. The minimum atomic E-state index is -1.21. The molecule has 1 heterocycles. The van der Waals surface area contributed by atoms with E-state index < -0.39 is 17.6 Å². The Morgan fingerprint density at radius 3 is 2.63 bits per heavy atom. The molecule has 0 aliphatic rings. The molecule has 0 saturated heterocycles. The molecule has 7 heteroatoms. The second-order valence-electron chi connectivity index (χ2n) is 3.61. The number of carboxylic acid groups (broad SMARTS) is 1. The van der Waals surface area contributed by atoms with Crippen molar-refractivity contribution in [3.63, 3.8) is 0 Å². The highest BCUT2D eigenvalue weighted by Crippen LogP contribution is 2.22. The Labute approximate surface area is 111 Å². The molecule has 0 atom stereocenters. The molecule has 2 aromatic rings. The third-order valence-corrected chi connectivity index (χ3v) is 2.58. The Hall–Kier alpha value is -2.21. The molecule has 0 radical (unpaired) electrons. The van der Waals surface area contributed by atoms with Crippen LogP contribution in [0, 0.1) is 11.6 Å².